The number of carbonyl (C=O) groups excluding carboxylic acids is 1. The van der Waals surface area contributed by atoms with E-state index in [1.54, 1.807) is 18.2 Å². The second-order valence-corrected chi connectivity index (χ2v) is 7.93. The van der Waals surface area contributed by atoms with E-state index in [9.17, 15) is 13.2 Å². The molecular formula is C17H19BrN2O3S. The second kappa shape index (κ2) is 8.41. The van der Waals surface area contributed by atoms with Crippen molar-refractivity contribution in [3.05, 3.63) is 64.1 Å². The van der Waals surface area contributed by atoms with E-state index in [0.717, 1.165) is 11.1 Å². The lowest BCUT2D eigenvalue weighted by Gasteiger charge is -2.09. The van der Waals surface area contributed by atoms with Crippen molar-refractivity contribution in [2.75, 3.05) is 6.54 Å². The van der Waals surface area contributed by atoms with Crippen molar-refractivity contribution < 1.29 is 13.2 Å². The van der Waals surface area contributed by atoms with E-state index < -0.39 is 10.0 Å². The van der Waals surface area contributed by atoms with Crippen LogP contribution in [0.1, 0.15) is 17.5 Å². The van der Waals surface area contributed by atoms with E-state index in [-0.39, 0.29) is 23.8 Å². The lowest BCUT2D eigenvalue weighted by molar-refractivity contribution is -0.121. The Kier molecular flexibility index (Phi) is 6.53. The quantitative estimate of drug-likeness (QED) is 0.736. The Morgan fingerprint density at radius 3 is 2.42 bits per heavy atom. The molecule has 1 amide bonds. The van der Waals surface area contributed by atoms with Crippen molar-refractivity contribution in [3.63, 3.8) is 0 Å². The molecule has 0 saturated heterocycles. The fraction of sp³-hybridized carbons (Fsp3) is 0.235. The number of sulfonamides is 1. The molecule has 2 rings (SSSR count). The minimum Gasteiger partial charge on any atom is -0.352 e. The van der Waals surface area contributed by atoms with Crippen LogP contribution in [0.15, 0.2) is 57.9 Å². The van der Waals surface area contributed by atoms with Gasteiger partial charge in [0, 0.05) is 24.0 Å². The number of halogens is 1. The van der Waals surface area contributed by atoms with Crippen molar-refractivity contribution in [2.24, 2.45) is 0 Å². The molecule has 2 aromatic carbocycles. The summed E-state index contributed by atoms with van der Waals surface area (Å²) in [4.78, 5) is 12.0. The molecule has 7 heteroatoms. The molecule has 0 unspecified atom stereocenters. The Bertz CT molecular complexity index is 805. The molecule has 0 aliphatic carbocycles. The maximum Gasteiger partial charge on any atom is 0.241 e. The first kappa shape index (κ1) is 18.6. The Hall–Kier alpha value is -1.70. The van der Waals surface area contributed by atoms with Crippen molar-refractivity contribution >= 4 is 31.9 Å². The molecule has 0 aliphatic heterocycles. The van der Waals surface area contributed by atoms with Crippen LogP contribution >= 0.6 is 15.9 Å². The van der Waals surface area contributed by atoms with Crippen LogP contribution in [-0.4, -0.2) is 20.9 Å². The number of benzene rings is 2. The molecule has 0 bridgehead atoms. The maximum atomic E-state index is 12.2. The number of aryl methyl sites for hydroxylation is 1. The van der Waals surface area contributed by atoms with Gasteiger partial charge in [-0.05, 0) is 40.5 Å². The summed E-state index contributed by atoms with van der Waals surface area (Å²) < 4.78 is 27.3. The fourth-order valence-corrected chi connectivity index (χ4v) is 4.07. The molecule has 0 fully saturated rings. The third kappa shape index (κ3) is 5.43. The van der Waals surface area contributed by atoms with Crippen LogP contribution in [0, 0.1) is 6.92 Å². The van der Waals surface area contributed by atoms with E-state index in [2.05, 4.69) is 26.0 Å². The van der Waals surface area contributed by atoms with Gasteiger partial charge in [-0.1, -0.05) is 42.0 Å². The average molecular weight is 411 g/mol. The lowest BCUT2D eigenvalue weighted by Crippen LogP contribution is -2.30. The minimum atomic E-state index is -3.64. The molecule has 0 aromatic heterocycles. The topological polar surface area (TPSA) is 75.3 Å². The predicted octanol–water partition coefficient (Wildman–Crippen LogP) is 2.74. The highest BCUT2D eigenvalue weighted by molar-refractivity contribution is 9.10. The van der Waals surface area contributed by atoms with Gasteiger partial charge in [-0.25, -0.2) is 13.1 Å². The van der Waals surface area contributed by atoms with Gasteiger partial charge in [0.25, 0.3) is 0 Å². The van der Waals surface area contributed by atoms with E-state index >= 15 is 0 Å². The van der Waals surface area contributed by atoms with Crippen LogP contribution in [0.5, 0.6) is 0 Å². The van der Waals surface area contributed by atoms with E-state index in [1.807, 2.05) is 31.2 Å². The van der Waals surface area contributed by atoms with Crippen LogP contribution in [0.25, 0.3) is 0 Å². The first-order chi connectivity index (χ1) is 11.4. The molecule has 0 spiro atoms. The van der Waals surface area contributed by atoms with Gasteiger partial charge in [0.2, 0.25) is 15.9 Å². The van der Waals surface area contributed by atoms with E-state index in [4.69, 9.17) is 0 Å². The smallest absolute Gasteiger partial charge is 0.241 e. The Morgan fingerprint density at radius 1 is 1.08 bits per heavy atom. The lowest BCUT2D eigenvalue weighted by atomic mass is 10.1. The summed E-state index contributed by atoms with van der Waals surface area (Å²) in [6, 6.07) is 14.4. The molecule has 0 atom stereocenters. The largest absolute Gasteiger partial charge is 0.352 e. The van der Waals surface area contributed by atoms with Gasteiger partial charge in [0.05, 0.1) is 4.90 Å². The molecule has 0 saturated carbocycles. The number of carbonyl (C=O) groups is 1. The summed E-state index contributed by atoms with van der Waals surface area (Å²) in [5, 5.41) is 2.77. The highest BCUT2D eigenvalue weighted by Crippen LogP contribution is 2.20. The summed E-state index contributed by atoms with van der Waals surface area (Å²) in [5.41, 5.74) is 2.16. The van der Waals surface area contributed by atoms with Gasteiger partial charge in [-0.15, -0.1) is 0 Å². The first-order valence-corrected chi connectivity index (χ1v) is 9.72. The van der Waals surface area contributed by atoms with Gasteiger partial charge in [0.1, 0.15) is 0 Å². The average Bonchev–Trinajstić information content (AvgIpc) is 2.54. The Labute approximate surface area is 150 Å². The van der Waals surface area contributed by atoms with E-state index in [1.165, 1.54) is 6.07 Å². The number of amides is 1. The molecular weight excluding hydrogens is 392 g/mol. The third-order valence-electron chi connectivity index (χ3n) is 3.38. The maximum absolute atomic E-state index is 12.2. The van der Waals surface area contributed by atoms with Crippen molar-refractivity contribution in [3.8, 4) is 0 Å². The SMILES string of the molecule is Cc1ccc(CNC(=O)CCNS(=O)(=O)c2ccccc2Br)cc1. The van der Waals surface area contributed by atoms with Crippen LogP contribution < -0.4 is 10.0 Å². The molecule has 2 N–H and O–H groups in total. The zero-order chi connectivity index (χ0) is 17.6. The highest BCUT2D eigenvalue weighted by Gasteiger charge is 2.16. The summed E-state index contributed by atoms with van der Waals surface area (Å²) in [6.07, 6.45) is 0.0789. The summed E-state index contributed by atoms with van der Waals surface area (Å²) >= 11 is 3.21. The van der Waals surface area contributed by atoms with Crippen molar-refractivity contribution in [1.29, 1.82) is 0 Å². The minimum absolute atomic E-state index is 0.0450. The number of nitrogens with one attached hydrogen (secondary N) is 2. The zero-order valence-electron chi connectivity index (χ0n) is 13.3. The monoisotopic (exact) mass is 410 g/mol. The molecule has 2 aromatic rings. The molecule has 0 heterocycles. The molecule has 0 aliphatic rings. The standard InChI is InChI=1S/C17H19BrN2O3S/c1-13-6-8-14(9-7-13)12-19-17(21)10-11-20-24(22,23)16-5-3-2-4-15(16)18/h2-9,20H,10-12H2,1H3,(H,19,21). The molecule has 24 heavy (non-hydrogen) atoms. The highest BCUT2D eigenvalue weighted by atomic mass is 79.9. The molecule has 5 nitrogen and oxygen atoms in total. The Morgan fingerprint density at radius 2 is 1.75 bits per heavy atom. The first-order valence-electron chi connectivity index (χ1n) is 7.45. The van der Waals surface area contributed by atoms with Gasteiger partial charge in [-0.3, -0.25) is 4.79 Å². The summed E-state index contributed by atoms with van der Waals surface area (Å²) in [5.74, 6) is -0.203. The van der Waals surface area contributed by atoms with Crippen LogP contribution in [0.2, 0.25) is 0 Å². The van der Waals surface area contributed by atoms with Gasteiger partial charge in [-0.2, -0.15) is 0 Å². The van der Waals surface area contributed by atoms with E-state index in [0.29, 0.717) is 11.0 Å². The van der Waals surface area contributed by atoms with Gasteiger partial charge < -0.3 is 5.32 Å². The van der Waals surface area contributed by atoms with Crippen molar-refractivity contribution in [2.45, 2.75) is 24.8 Å². The molecule has 0 radical (unpaired) electrons. The fourth-order valence-electron chi connectivity index (χ4n) is 2.03. The van der Waals surface area contributed by atoms with Crippen LogP contribution in [0.3, 0.4) is 0 Å². The summed E-state index contributed by atoms with van der Waals surface area (Å²) in [7, 11) is -3.64. The normalized spacial score (nSPS) is 11.2. The zero-order valence-corrected chi connectivity index (χ0v) is 15.7. The molecule has 128 valence electrons. The summed E-state index contributed by atoms with van der Waals surface area (Å²) in [6.45, 7) is 2.47. The second-order valence-electron chi connectivity index (χ2n) is 5.34. The number of hydrogen-bond acceptors (Lipinski definition) is 3. The number of hydrogen-bond donors (Lipinski definition) is 2. The van der Waals surface area contributed by atoms with Gasteiger partial charge in [0.15, 0.2) is 0 Å². The van der Waals surface area contributed by atoms with Crippen LogP contribution in [-0.2, 0) is 21.4 Å². The number of rotatable bonds is 7. The Balaban J connectivity index is 1.80. The van der Waals surface area contributed by atoms with Crippen molar-refractivity contribution in [1.82, 2.24) is 10.0 Å². The van der Waals surface area contributed by atoms with Crippen LogP contribution in [0.4, 0.5) is 0 Å². The van der Waals surface area contributed by atoms with Gasteiger partial charge >= 0.3 is 0 Å². The predicted molar refractivity (Wildman–Crippen MR) is 97.0 cm³/mol. The third-order valence-corrected chi connectivity index (χ3v) is 5.85.